The van der Waals surface area contributed by atoms with E-state index in [4.69, 9.17) is 0 Å². The zero-order chi connectivity index (χ0) is 43.4. The average Bonchev–Trinajstić information content (AvgIpc) is 3.91. The first-order chi connectivity index (χ1) is 31.0. The number of anilines is 6. The molecule has 0 amide bonds. The fourth-order valence-corrected chi connectivity index (χ4v) is 13.3. The minimum atomic E-state index is -0.414. The number of para-hydroxylation sites is 1. The molecule has 2 aliphatic carbocycles. The summed E-state index contributed by atoms with van der Waals surface area (Å²) in [5.74, 6) is 0.417. The Morgan fingerprint density at radius 2 is 1.12 bits per heavy atom. The van der Waals surface area contributed by atoms with Gasteiger partial charge in [0.05, 0.1) is 11.1 Å². The van der Waals surface area contributed by atoms with E-state index in [-0.39, 0.29) is 12.1 Å². The van der Waals surface area contributed by atoms with Crippen LogP contribution in [-0.4, -0.2) is 6.71 Å². The predicted octanol–water partition coefficient (Wildman–Crippen LogP) is 14.4. The lowest BCUT2D eigenvalue weighted by Crippen LogP contribution is -2.60. The van der Waals surface area contributed by atoms with E-state index in [1.54, 1.807) is 0 Å². The molecule has 0 N–H and O–H groups in total. The first-order valence-electron chi connectivity index (χ1n) is 23.0. The number of fused-ring (bicyclic) bond motifs is 16. The van der Waals surface area contributed by atoms with Crippen molar-refractivity contribution in [3.8, 4) is 22.3 Å². The van der Waals surface area contributed by atoms with Crippen molar-refractivity contribution >= 4 is 78.0 Å². The molecule has 0 unspecified atom stereocenters. The average molecular weight is 841 g/mol. The van der Waals surface area contributed by atoms with E-state index in [0.717, 1.165) is 0 Å². The van der Waals surface area contributed by atoms with Crippen molar-refractivity contribution in [3.63, 3.8) is 0 Å². The van der Waals surface area contributed by atoms with Crippen molar-refractivity contribution in [1.82, 2.24) is 0 Å². The summed E-state index contributed by atoms with van der Waals surface area (Å²) in [6.45, 7) is 16.1. The van der Waals surface area contributed by atoms with Crippen molar-refractivity contribution in [2.45, 2.75) is 65.2 Å². The van der Waals surface area contributed by atoms with Crippen molar-refractivity contribution in [2.75, 3.05) is 9.80 Å². The molecule has 2 aliphatic heterocycles. The predicted molar refractivity (Wildman–Crippen MR) is 274 cm³/mol. The van der Waals surface area contributed by atoms with Gasteiger partial charge in [0, 0.05) is 43.3 Å². The lowest BCUT2D eigenvalue weighted by molar-refractivity contribution is 0.590. The smallest absolute Gasteiger partial charge is 0.264 e. The first-order valence-corrected chi connectivity index (χ1v) is 23.8. The summed E-state index contributed by atoms with van der Waals surface area (Å²) in [6, 6.07) is 63.6. The van der Waals surface area contributed by atoms with Crippen LogP contribution in [0, 0.1) is 13.8 Å². The Hall–Kier alpha value is -6.62. The molecule has 4 aliphatic rings. The summed E-state index contributed by atoms with van der Waals surface area (Å²) >= 11 is 2.01. The molecule has 3 heterocycles. The highest BCUT2D eigenvalue weighted by Gasteiger charge is 2.53. The Morgan fingerprint density at radius 1 is 0.531 bits per heavy atom. The maximum Gasteiger partial charge on any atom is 0.264 e. The Bertz CT molecular complexity index is 3390. The Labute approximate surface area is 381 Å². The Kier molecular flexibility index (Phi) is 7.83. The minimum absolute atomic E-state index is 0.0450. The number of rotatable bonds is 3. The molecule has 0 fully saturated rings. The number of hydrogen-bond donors (Lipinski definition) is 0. The molecule has 8 aromatic carbocycles. The minimum Gasteiger partial charge on any atom is -0.311 e. The van der Waals surface area contributed by atoms with Gasteiger partial charge in [-0.1, -0.05) is 149 Å². The van der Waals surface area contributed by atoms with Crippen molar-refractivity contribution in [2.24, 2.45) is 0 Å². The molecular weight excluding hydrogens is 792 g/mol. The van der Waals surface area contributed by atoms with Crippen molar-refractivity contribution in [3.05, 3.63) is 208 Å². The zero-order valence-electron chi connectivity index (χ0n) is 37.5. The molecule has 4 heteroatoms. The van der Waals surface area contributed by atoms with E-state index in [1.807, 2.05) is 11.3 Å². The van der Waals surface area contributed by atoms with Gasteiger partial charge < -0.3 is 9.80 Å². The third kappa shape index (κ3) is 4.98. The summed E-state index contributed by atoms with van der Waals surface area (Å²) in [7, 11) is 0. The molecule has 1 spiro atoms. The van der Waals surface area contributed by atoms with Gasteiger partial charge in [0.2, 0.25) is 0 Å². The highest BCUT2D eigenvalue weighted by molar-refractivity contribution is 7.33. The van der Waals surface area contributed by atoms with Gasteiger partial charge in [-0.05, 0) is 152 Å². The van der Waals surface area contributed by atoms with Crippen molar-refractivity contribution in [1.29, 1.82) is 0 Å². The third-order valence-electron chi connectivity index (χ3n) is 14.9. The maximum atomic E-state index is 2.63. The quantitative estimate of drug-likeness (QED) is 0.164. The lowest BCUT2D eigenvalue weighted by atomic mass is 9.36. The number of aryl methyl sites for hydroxylation is 2. The topological polar surface area (TPSA) is 6.48 Å². The normalized spacial score (nSPS) is 14.7. The molecule has 1 aromatic heterocycles. The summed E-state index contributed by atoms with van der Waals surface area (Å²) in [5.41, 5.74) is 26.0. The molecule has 308 valence electrons. The van der Waals surface area contributed by atoms with Crippen LogP contribution < -0.4 is 25.5 Å². The molecular formula is C60H49BN2S. The zero-order valence-corrected chi connectivity index (χ0v) is 38.4. The van der Waals surface area contributed by atoms with Crippen LogP contribution in [0.1, 0.15) is 85.0 Å². The van der Waals surface area contributed by atoms with Gasteiger partial charge in [0.15, 0.2) is 0 Å². The standard InChI is InChI=1S/C60H49BN2S/c1-35(2)38-22-29-44-45-33-46-55(34-50(45)60(49(44)32-38)47-16-10-8-14-42(47)43-15-9-11-17-48(43)60)64-58-57(46)63(41-27-23-39(24-28-41)59(5,6)7)54-31-37(4)30-53-56(54)61(58)51-18-12-13-19-52(51)62(53)40-25-20-36(3)21-26-40/h8-35H,1-7H3. The van der Waals surface area contributed by atoms with Gasteiger partial charge in [0.25, 0.3) is 6.71 Å². The summed E-state index contributed by atoms with van der Waals surface area (Å²) in [4.78, 5) is 5.15. The van der Waals surface area contributed by atoms with Gasteiger partial charge in [0.1, 0.15) is 0 Å². The number of nitrogens with zero attached hydrogens (tertiary/aromatic N) is 2. The van der Waals surface area contributed by atoms with E-state index in [0.29, 0.717) is 5.92 Å². The SMILES string of the molecule is Cc1ccc(N2c3ccccc3B3c4sc5cc6c(cc5c4N(c4ccc(C(C)(C)C)cc4)c4cc(C)cc2c43)-c2ccc(C(C)C)cc2C62c3ccccc3-c3ccccc32)cc1. The van der Waals surface area contributed by atoms with Crippen molar-refractivity contribution < 1.29 is 0 Å². The Morgan fingerprint density at radius 3 is 1.81 bits per heavy atom. The Balaban J connectivity index is 1.14. The van der Waals surface area contributed by atoms with E-state index in [2.05, 4.69) is 222 Å². The van der Waals surface area contributed by atoms with E-state index in [1.165, 1.54) is 127 Å². The van der Waals surface area contributed by atoms with Crippen LogP contribution in [0.4, 0.5) is 34.1 Å². The second-order valence-corrected chi connectivity index (χ2v) is 21.1. The largest absolute Gasteiger partial charge is 0.311 e. The van der Waals surface area contributed by atoms with Gasteiger partial charge in [-0.15, -0.1) is 11.3 Å². The van der Waals surface area contributed by atoms with Crippen LogP contribution in [0.15, 0.2) is 164 Å². The number of benzene rings is 8. The van der Waals surface area contributed by atoms with Crippen LogP contribution in [-0.2, 0) is 10.8 Å². The van der Waals surface area contributed by atoms with Crippen LogP contribution in [0.25, 0.3) is 32.3 Å². The molecule has 0 saturated carbocycles. The van der Waals surface area contributed by atoms with E-state index >= 15 is 0 Å². The molecule has 0 bridgehead atoms. The molecule has 9 aromatic rings. The van der Waals surface area contributed by atoms with Crippen LogP contribution in [0.2, 0.25) is 0 Å². The third-order valence-corrected chi connectivity index (χ3v) is 16.1. The van der Waals surface area contributed by atoms with Gasteiger partial charge >= 0.3 is 0 Å². The van der Waals surface area contributed by atoms with Gasteiger partial charge in [-0.25, -0.2) is 0 Å². The highest BCUT2D eigenvalue weighted by Crippen LogP contribution is 2.64. The molecule has 0 saturated heterocycles. The van der Waals surface area contributed by atoms with Crippen LogP contribution in [0.3, 0.4) is 0 Å². The monoisotopic (exact) mass is 840 g/mol. The second kappa shape index (κ2) is 13.2. The van der Waals surface area contributed by atoms with Crippen LogP contribution >= 0.6 is 11.3 Å². The second-order valence-electron chi connectivity index (χ2n) is 20.0. The fourth-order valence-electron chi connectivity index (χ4n) is 11.9. The lowest BCUT2D eigenvalue weighted by Gasteiger charge is -2.43. The van der Waals surface area contributed by atoms with Gasteiger partial charge in [-0.2, -0.15) is 0 Å². The molecule has 13 rings (SSSR count). The molecule has 0 atom stereocenters. The number of thiophene rings is 1. The molecule has 0 radical (unpaired) electrons. The summed E-state index contributed by atoms with van der Waals surface area (Å²) in [6.07, 6.45) is 0. The van der Waals surface area contributed by atoms with E-state index in [9.17, 15) is 0 Å². The highest BCUT2D eigenvalue weighted by atomic mass is 32.1. The summed E-state index contributed by atoms with van der Waals surface area (Å²) in [5, 5.41) is 1.32. The maximum absolute atomic E-state index is 2.63. The molecule has 2 nitrogen and oxygen atoms in total. The fraction of sp³-hybridized carbons (Fsp3) is 0.167. The van der Waals surface area contributed by atoms with Crippen LogP contribution in [0.5, 0.6) is 0 Å². The summed E-state index contributed by atoms with van der Waals surface area (Å²) < 4.78 is 2.74. The first kappa shape index (κ1) is 37.9. The van der Waals surface area contributed by atoms with Gasteiger partial charge in [-0.3, -0.25) is 0 Å². The molecule has 64 heavy (non-hydrogen) atoms. The van der Waals surface area contributed by atoms with E-state index < -0.39 is 5.41 Å². The number of hydrogen-bond acceptors (Lipinski definition) is 3.